The highest BCUT2D eigenvalue weighted by Crippen LogP contribution is 2.40. The van der Waals surface area contributed by atoms with Crippen LogP contribution in [0, 0.1) is 16.7 Å². The number of hydrogen-bond acceptors (Lipinski definition) is 3. The molecular weight excluding hydrogens is 283 g/mol. The minimum Gasteiger partial charge on any atom is -0.287 e. The molecule has 1 aliphatic rings. The van der Waals surface area contributed by atoms with Crippen LogP contribution in [0.1, 0.15) is 31.0 Å². The summed E-state index contributed by atoms with van der Waals surface area (Å²) < 4.78 is 40.1. The molecule has 0 radical (unpaired) electrons. The molecule has 0 unspecified atom stereocenters. The van der Waals surface area contributed by atoms with Crippen molar-refractivity contribution in [1.29, 1.82) is 5.26 Å². The SMILES string of the molecule is CC1(C)CN([C@@H](c2ccc(C#N)cc2)C(F)(F)F)NC1=O. The van der Waals surface area contributed by atoms with Crippen molar-refractivity contribution in [2.24, 2.45) is 5.41 Å². The predicted octanol–water partition coefficient (Wildman–Crippen LogP) is 2.53. The lowest BCUT2D eigenvalue weighted by Gasteiger charge is -2.29. The smallest absolute Gasteiger partial charge is 0.287 e. The van der Waals surface area contributed by atoms with Crippen LogP contribution in [-0.2, 0) is 4.79 Å². The van der Waals surface area contributed by atoms with Gasteiger partial charge in [-0.2, -0.15) is 18.4 Å². The average molecular weight is 297 g/mol. The number of hydrogen-bond donors (Lipinski definition) is 1. The third-order valence-electron chi connectivity index (χ3n) is 3.40. The van der Waals surface area contributed by atoms with Crippen LogP contribution < -0.4 is 5.43 Å². The van der Waals surface area contributed by atoms with Crippen molar-refractivity contribution >= 4 is 5.91 Å². The van der Waals surface area contributed by atoms with E-state index in [1.54, 1.807) is 13.8 Å². The van der Waals surface area contributed by atoms with E-state index in [4.69, 9.17) is 5.26 Å². The summed E-state index contributed by atoms with van der Waals surface area (Å²) in [7, 11) is 0. The number of carbonyl (C=O) groups excluding carboxylic acids is 1. The normalized spacial score (nSPS) is 19.9. The van der Waals surface area contributed by atoms with Gasteiger partial charge in [0.15, 0.2) is 0 Å². The molecule has 4 nitrogen and oxygen atoms in total. The molecule has 112 valence electrons. The van der Waals surface area contributed by atoms with Gasteiger partial charge in [0.05, 0.1) is 17.0 Å². The van der Waals surface area contributed by atoms with Crippen molar-refractivity contribution in [2.45, 2.75) is 26.1 Å². The molecule has 1 atom stereocenters. The van der Waals surface area contributed by atoms with Gasteiger partial charge in [0.1, 0.15) is 6.04 Å². The Morgan fingerprint density at radius 3 is 2.29 bits per heavy atom. The highest BCUT2D eigenvalue weighted by Gasteiger charge is 2.51. The van der Waals surface area contributed by atoms with E-state index in [-0.39, 0.29) is 17.7 Å². The Morgan fingerprint density at radius 1 is 1.33 bits per heavy atom. The Morgan fingerprint density at radius 2 is 1.90 bits per heavy atom. The summed E-state index contributed by atoms with van der Waals surface area (Å²) in [4.78, 5) is 11.7. The van der Waals surface area contributed by atoms with E-state index in [9.17, 15) is 18.0 Å². The lowest BCUT2D eigenvalue weighted by Crippen LogP contribution is -2.43. The summed E-state index contributed by atoms with van der Waals surface area (Å²) in [5.41, 5.74) is 1.68. The lowest BCUT2D eigenvalue weighted by atomic mass is 9.93. The van der Waals surface area contributed by atoms with Crippen molar-refractivity contribution in [3.05, 3.63) is 35.4 Å². The standard InChI is InChI=1S/C14H14F3N3O/c1-13(2)8-20(19-12(13)21)11(14(15,16)17)10-5-3-9(7-18)4-6-10/h3-6,11H,8H2,1-2H3,(H,19,21)/t11-/m0/s1. The first-order chi connectivity index (χ1) is 9.65. The van der Waals surface area contributed by atoms with Crippen molar-refractivity contribution in [1.82, 2.24) is 10.4 Å². The summed E-state index contributed by atoms with van der Waals surface area (Å²) in [6.07, 6.45) is -4.54. The van der Waals surface area contributed by atoms with Gasteiger partial charge < -0.3 is 0 Å². The summed E-state index contributed by atoms with van der Waals surface area (Å²) >= 11 is 0. The Hall–Kier alpha value is -2.07. The summed E-state index contributed by atoms with van der Waals surface area (Å²) in [6.45, 7) is 3.14. The number of alkyl halides is 3. The third kappa shape index (κ3) is 3.00. The Balaban J connectivity index is 2.36. The Bertz CT molecular complexity index is 587. The topological polar surface area (TPSA) is 56.1 Å². The quantitative estimate of drug-likeness (QED) is 0.912. The van der Waals surface area contributed by atoms with Crippen LogP contribution in [-0.4, -0.2) is 23.6 Å². The van der Waals surface area contributed by atoms with Crippen molar-refractivity contribution < 1.29 is 18.0 Å². The van der Waals surface area contributed by atoms with E-state index in [0.717, 1.165) is 5.01 Å². The van der Waals surface area contributed by atoms with E-state index < -0.39 is 23.5 Å². The van der Waals surface area contributed by atoms with Crippen molar-refractivity contribution in [2.75, 3.05) is 6.54 Å². The largest absolute Gasteiger partial charge is 0.409 e. The number of halogens is 3. The van der Waals surface area contributed by atoms with E-state index in [0.29, 0.717) is 0 Å². The number of hydrazine groups is 1. The number of rotatable bonds is 2. The Labute approximate surface area is 120 Å². The van der Waals surface area contributed by atoms with Gasteiger partial charge in [-0.1, -0.05) is 12.1 Å². The molecule has 2 rings (SSSR count). The zero-order valence-corrected chi connectivity index (χ0v) is 11.5. The molecule has 1 aromatic carbocycles. The number of benzene rings is 1. The van der Waals surface area contributed by atoms with Crippen LogP contribution in [0.4, 0.5) is 13.2 Å². The van der Waals surface area contributed by atoms with Gasteiger partial charge in [0, 0.05) is 6.54 Å². The molecule has 1 saturated heterocycles. The molecule has 0 saturated carbocycles. The average Bonchev–Trinajstić information content (AvgIpc) is 2.62. The maximum Gasteiger partial charge on any atom is 0.409 e. The first-order valence-electron chi connectivity index (χ1n) is 6.29. The molecule has 21 heavy (non-hydrogen) atoms. The molecule has 0 aliphatic carbocycles. The van der Waals surface area contributed by atoms with E-state index >= 15 is 0 Å². The van der Waals surface area contributed by atoms with Gasteiger partial charge in [-0.05, 0) is 31.5 Å². The molecule has 0 spiro atoms. The number of nitriles is 1. The van der Waals surface area contributed by atoms with Crippen LogP contribution in [0.25, 0.3) is 0 Å². The van der Waals surface area contributed by atoms with Crippen molar-refractivity contribution in [3.63, 3.8) is 0 Å². The Kier molecular flexibility index (Phi) is 3.68. The number of nitrogens with zero attached hydrogens (tertiary/aromatic N) is 2. The highest BCUT2D eigenvalue weighted by atomic mass is 19.4. The fourth-order valence-electron chi connectivity index (χ4n) is 2.26. The van der Waals surface area contributed by atoms with Crippen molar-refractivity contribution in [3.8, 4) is 6.07 Å². The van der Waals surface area contributed by atoms with Gasteiger partial charge >= 0.3 is 6.18 Å². The molecule has 0 aromatic heterocycles. The van der Waals surface area contributed by atoms with Gasteiger partial charge in [-0.15, -0.1) is 0 Å². The molecular formula is C14H14F3N3O. The molecule has 1 aliphatic heterocycles. The second-order valence-electron chi connectivity index (χ2n) is 5.63. The molecule has 0 bridgehead atoms. The molecule has 1 heterocycles. The minimum atomic E-state index is -4.54. The van der Waals surface area contributed by atoms with Gasteiger partial charge in [0.25, 0.3) is 0 Å². The molecule has 1 aromatic rings. The van der Waals surface area contributed by atoms with Gasteiger partial charge in [-0.3, -0.25) is 10.2 Å². The molecule has 1 amide bonds. The maximum atomic E-state index is 13.4. The number of carbonyl (C=O) groups is 1. The van der Waals surface area contributed by atoms with Crippen LogP contribution >= 0.6 is 0 Å². The zero-order chi connectivity index (χ0) is 15.8. The second kappa shape index (κ2) is 5.04. The van der Waals surface area contributed by atoms with Crippen LogP contribution in [0.2, 0.25) is 0 Å². The fourth-order valence-corrected chi connectivity index (χ4v) is 2.26. The first kappa shape index (κ1) is 15.3. The third-order valence-corrected chi connectivity index (χ3v) is 3.40. The monoisotopic (exact) mass is 297 g/mol. The fraction of sp³-hybridized carbons (Fsp3) is 0.429. The first-order valence-corrected chi connectivity index (χ1v) is 6.29. The summed E-state index contributed by atoms with van der Waals surface area (Å²) in [5.74, 6) is -0.439. The lowest BCUT2D eigenvalue weighted by molar-refractivity contribution is -0.191. The van der Waals surface area contributed by atoms with Gasteiger partial charge in [0.2, 0.25) is 5.91 Å². The molecule has 1 fully saturated rings. The summed E-state index contributed by atoms with van der Waals surface area (Å²) in [5, 5.41) is 9.61. The van der Waals surface area contributed by atoms with Gasteiger partial charge in [-0.25, -0.2) is 5.01 Å². The maximum absolute atomic E-state index is 13.4. The summed E-state index contributed by atoms with van der Waals surface area (Å²) in [6, 6.07) is 5.10. The zero-order valence-electron chi connectivity index (χ0n) is 11.5. The highest BCUT2D eigenvalue weighted by molar-refractivity contribution is 5.83. The molecule has 1 N–H and O–H groups in total. The number of amides is 1. The van der Waals surface area contributed by atoms with Crippen LogP contribution in [0.15, 0.2) is 24.3 Å². The van der Waals surface area contributed by atoms with Crippen LogP contribution in [0.5, 0.6) is 0 Å². The van der Waals surface area contributed by atoms with E-state index in [2.05, 4.69) is 5.43 Å². The molecule has 7 heteroatoms. The second-order valence-corrected chi connectivity index (χ2v) is 5.63. The van der Waals surface area contributed by atoms with E-state index in [1.807, 2.05) is 6.07 Å². The number of nitrogens with one attached hydrogen (secondary N) is 1. The minimum absolute atomic E-state index is 0.0144. The van der Waals surface area contributed by atoms with E-state index in [1.165, 1.54) is 24.3 Å². The van der Waals surface area contributed by atoms with Crippen LogP contribution in [0.3, 0.4) is 0 Å². The predicted molar refractivity (Wildman–Crippen MR) is 68.6 cm³/mol.